The minimum Gasteiger partial charge on any atom is -0.399 e. The number of carbonyl (C=O) groups is 1. The van der Waals surface area contributed by atoms with Crippen LogP contribution in [0.25, 0.3) is 0 Å². The number of amides is 2. The van der Waals surface area contributed by atoms with E-state index in [1.54, 1.807) is 36.4 Å². The summed E-state index contributed by atoms with van der Waals surface area (Å²) in [5.41, 5.74) is 6.94. The second-order valence-electron chi connectivity index (χ2n) is 4.07. The Morgan fingerprint density at radius 1 is 1.21 bits per heavy atom. The Balaban J connectivity index is 2.14. The number of carbonyl (C=O) groups excluding carboxylic acids is 1. The van der Waals surface area contributed by atoms with Crippen molar-refractivity contribution >= 4 is 23.1 Å². The number of nitrogens with one attached hydrogen (secondary N) is 1. The molecule has 0 saturated heterocycles. The molecule has 0 spiro atoms. The molecule has 98 valence electrons. The van der Waals surface area contributed by atoms with Crippen LogP contribution in [-0.2, 0) is 0 Å². The van der Waals surface area contributed by atoms with E-state index in [2.05, 4.69) is 5.32 Å². The van der Waals surface area contributed by atoms with Gasteiger partial charge in [0.2, 0.25) is 0 Å². The molecule has 0 aliphatic rings. The molecule has 0 atom stereocenters. The molecule has 0 aliphatic heterocycles. The number of anilines is 3. The number of benzene rings is 2. The second-order valence-corrected chi connectivity index (χ2v) is 4.07. The Hall–Kier alpha value is -2.56. The normalized spacial score (nSPS) is 10.0. The van der Waals surface area contributed by atoms with E-state index in [-0.39, 0.29) is 5.69 Å². The summed E-state index contributed by atoms with van der Waals surface area (Å²) in [6.45, 7) is 0. The third-order valence-electron chi connectivity index (χ3n) is 2.66. The van der Waals surface area contributed by atoms with E-state index in [0.29, 0.717) is 11.4 Å². The van der Waals surface area contributed by atoms with Crippen LogP contribution < -0.4 is 16.0 Å². The summed E-state index contributed by atoms with van der Waals surface area (Å²) in [5, 5.41) is 2.65. The number of urea groups is 1. The lowest BCUT2D eigenvalue weighted by atomic mass is 10.3. The van der Waals surface area contributed by atoms with Gasteiger partial charge in [0.15, 0.2) is 0 Å². The van der Waals surface area contributed by atoms with Gasteiger partial charge in [0.05, 0.1) is 5.69 Å². The predicted molar refractivity (Wildman–Crippen MR) is 74.7 cm³/mol. The van der Waals surface area contributed by atoms with Gasteiger partial charge in [0.1, 0.15) is 5.82 Å². The highest BCUT2D eigenvalue weighted by Crippen LogP contribution is 2.19. The zero-order valence-electron chi connectivity index (χ0n) is 10.4. The lowest BCUT2D eigenvalue weighted by Gasteiger charge is -2.18. The van der Waals surface area contributed by atoms with Crippen molar-refractivity contribution in [3.8, 4) is 0 Å². The molecule has 0 bridgehead atoms. The van der Waals surface area contributed by atoms with Gasteiger partial charge in [0, 0.05) is 18.4 Å². The number of nitrogens with two attached hydrogens (primary N) is 1. The Bertz CT molecular complexity index is 601. The predicted octanol–water partition coefficient (Wildman–Crippen LogP) is 3.08. The Kier molecular flexibility index (Phi) is 3.66. The van der Waals surface area contributed by atoms with Gasteiger partial charge in [-0.15, -0.1) is 0 Å². The average molecular weight is 259 g/mol. The summed E-state index contributed by atoms with van der Waals surface area (Å²) >= 11 is 0. The SMILES string of the molecule is CN(C(=O)Nc1cccc(N)c1)c1ccccc1F. The topological polar surface area (TPSA) is 58.4 Å². The molecule has 0 fully saturated rings. The van der Waals surface area contributed by atoms with Crippen LogP contribution in [0.2, 0.25) is 0 Å². The molecule has 0 radical (unpaired) electrons. The minimum absolute atomic E-state index is 0.212. The van der Waals surface area contributed by atoms with Crippen molar-refractivity contribution in [2.75, 3.05) is 23.0 Å². The van der Waals surface area contributed by atoms with Gasteiger partial charge in [-0.3, -0.25) is 4.90 Å². The zero-order chi connectivity index (χ0) is 13.8. The van der Waals surface area contributed by atoms with Gasteiger partial charge in [-0.25, -0.2) is 9.18 Å². The van der Waals surface area contributed by atoms with Crippen molar-refractivity contribution in [1.29, 1.82) is 0 Å². The van der Waals surface area contributed by atoms with Crippen LogP contribution >= 0.6 is 0 Å². The quantitative estimate of drug-likeness (QED) is 0.814. The fraction of sp³-hybridized carbons (Fsp3) is 0.0714. The first-order valence-electron chi connectivity index (χ1n) is 5.72. The van der Waals surface area contributed by atoms with Crippen molar-refractivity contribution in [2.45, 2.75) is 0 Å². The molecule has 0 saturated carbocycles. The van der Waals surface area contributed by atoms with Crippen LogP contribution in [0.4, 0.5) is 26.2 Å². The van der Waals surface area contributed by atoms with Gasteiger partial charge in [-0.1, -0.05) is 18.2 Å². The second kappa shape index (κ2) is 5.39. The Morgan fingerprint density at radius 2 is 1.95 bits per heavy atom. The third-order valence-corrected chi connectivity index (χ3v) is 2.66. The molecule has 4 nitrogen and oxygen atoms in total. The summed E-state index contributed by atoms with van der Waals surface area (Å²) in [5.74, 6) is -0.451. The summed E-state index contributed by atoms with van der Waals surface area (Å²) in [6, 6.07) is 12.4. The number of para-hydroxylation sites is 1. The number of hydrogen-bond donors (Lipinski definition) is 2. The average Bonchev–Trinajstić information content (AvgIpc) is 2.38. The molecule has 0 aliphatic carbocycles. The highest BCUT2D eigenvalue weighted by atomic mass is 19.1. The van der Waals surface area contributed by atoms with E-state index in [1.807, 2.05) is 0 Å². The Labute approximate surface area is 110 Å². The molecule has 2 aromatic carbocycles. The van der Waals surface area contributed by atoms with E-state index >= 15 is 0 Å². The van der Waals surface area contributed by atoms with Crippen molar-refractivity contribution in [2.24, 2.45) is 0 Å². The van der Waals surface area contributed by atoms with E-state index < -0.39 is 11.8 Å². The van der Waals surface area contributed by atoms with Crippen molar-refractivity contribution in [3.05, 3.63) is 54.3 Å². The van der Waals surface area contributed by atoms with Gasteiger partial charge in [-0.2, -0.15) is 0 Å². The fourth-order valence-electron chi connectivity index (χ4n) is 1.66. The van der Waals surface area contributed by atoms with Crippen molar-refractivity contribution in [1.82, 2.24) is 0 Å². The summed E-state index contributed by atoms with van der Waals surface area (Å²) in [7, 11) is 1.50. The lowest BCUT2D eigenvalue weighted by Crippen LogP contribution is -2.31. The molecule has 2 rings (SSSR count). The summed E-state index contributed by atoms with van der Waals surface area (Å²) in [4.78, 5) is 13.2. The standard InChI is InChI=1S/C14H14FN3O/c1-18(13-8-3-2-7-12(13)15)14(19)17-11-6-4-5-10(16)9-11/h2-9H,16H2,1H3,(H,17,19). The number of nitrogen functional groups attached to an aromatic ring is 1. The van der Waals surface area contributed by atoms with Gasteiger partial charge in [0.25, 0.3) is 0 Å². The zero-order valence-corrected chi connectivity index (χ0v) is 10.4. The first-order valence-corrected chi connectivity index (χ1v) is 5.72. The maximum absolute atomic E-state index is 13.6. The monoisotopic (exact) mass is 259 g/mol. The van der Waals surface area contributed by atoms with Crippen LogP contribution in [0.15, 0.2) is 48.5 Å². The third kappa shape index (κ3) is 3.01. The highest BCUT2D eigenvalue weighted by molar-refractivity contribution is 6.01. The molecular formula is C14H14FN3O. The van der Waals surface area contributed by atoms with Gasteiger partial charge >= 0.3 is 6.03 Å². The van der Waals surface area contributed by atoms with Crippen LogP contribution in [0.3, 0.4) is 0 Å². The molecule has 0 aromatic heterocycles. The highest BCUT2D eigenvalue weighted by Gasteiger charge is 2.14. The number of halogens is 1. The van der Waals surface area contributed by atoms with E-state index in [4.69, 9.17) is 5.73 Å². The number of hydrogen-bond acceptors (Lipinski definition) is 2. The number of nitrogens with zero attached hydrogens (tertiary/aromatic N) is 1. The van der Waals surface area contributed by atoms with Gasteiger partial charge in [-0.05, 0) is 30.3 Å². The summed E-state index contributed by atoms with van der Waals surface area (Å²) < 4.78 is 13.6. The molecule has 2 aromatic rings. The van der Waals surface area contributed by atoms with E-state index in [1.165, 1.54) is 24.1 Å². The molecule has 2 amide bonds. The van der Waals surface area contributed by atoms with Crippen LogP contribution in [0.5, 0.6) is 0 Å². The fourth-order valence-corrected chi connectivity index (χ4v) is 1.66. The molecule has 0 heterocycles. The van der Waals surface area contributed by atoms with Crippen molar-refractivity contribution in [3.63, 3.8) is 0 Å². The smallest absolute Gasteiger partial charge is 0.326 e. The van der Waals surface area contributed by atoms with Crippen molar-refractivity contribution < 1.29 is 9.18 Å². The molecule has 19 heavy (non-hydrogen) atoms. The minimum atomic E-state index is -0.451. The maximum atomic E-state index is 13.6. The first kappa shape index (κ1) is 12.9. The first-order chi connectivity index (χ1) is 9.08. The molecule has 0 unspecified atom stereocenters. The van der Waals surface area contributed by atoms with Crippen LogP contribution in [-0.4, -0.2) is 13.1 Å². The lowest BCUT2D eigenvalue weighted by molar-refractivity contribution is 0.258. The van der Waals surface area contributed by atoms with Crippen LogP contribution in [0.1, 0.15) is 0 Å². The van der Waals surface area contributed by atoms with Gasteiger partial charge < -0.3 is 11.1 Å². The molecular weight excluding hydrogens is 245 g/mol. The molecule has 5 heteroatoms. The largest absolute Gasteiger partial charge is 0.399 e. The van der Waals surface area contributed by atoms with Crippen LogP contribution in [0, 0.1) is 5.82 Å². The molecule has 3 N–H and O–H groups in total. The number of rotatable bonds is 2. The van der Waals surface area contributed by atoms with E-state index in [9.17, 15) is 9.18 Å². The Morgan fingerprint density at radius 3 is 2.63 bits per heavy atom. The van der Waals surface area contributed by atoms with E-state index in [0.717, 1.165) is 0 Å². The maximum Gasteiger partial charge on any atom is 0.326 e. The summed E-state index contributed by atoms with van der Waals surface area (Å²) in [6.07, 6.45) is 0.